The van der Waals surface area contributed by atoms with Gasteiger partial charge in [0.15, 0.2) is 0 Å². The van der Waals surface area contributed by atoms with Gasteiger partial charge in [0.1, 0.15) is 12.1 Å². The van der Waals surface area contributed by atoms with E-state index in [4.69, 9.17) is 4.74 Å². The number of hydrogen-bond acceptors (Lipinski definition) is 4. The third-order valence-corrected chi connectivity index (χ3v) is 7.65. The molecule has 6 rings (SSSR count). The van der Waals surface area contributed by atoms with Gasteiger partial charge in [0.25, 0.3) is 0 Å². The van der Waals surface area contributed by atoms with E-state index in [1.54, 1.807) is 18.7 Å². The fraction of sp³-hybridized carbons (Fsp3) is 0.444. The Kier molecular flexibility index (Phi) is 5.58. The van der Waals surface area contributed by atoms with E-state index in [0.29, 0.717) is 19.4 Å². The third kappa shape index (κ3) is 3.83. The smallest absolute Gasteiger partial charge is 0.408 e. The number of piperidine rings is 2. The quantitative estimate of drug-likeness (QED) is 0.700. The minimum absolute atomic E-state index is 0.0638. The minimum Gasteiger partial charge on any atom is -0.481 e. The second-order valence-corrected chi connectivity index (χ2v) is 10.2. The van der Waals surface area contributed by atoms with Crippen LogP contribution in [0.5, 0.6) is 0 Å². The highest BCUT2D eigenvalue weighted by Gasteiger charge is 2.49. The van der Waals surface area contributed by atoms with E-state index in [0.717, 1.165) is 28.7 Å². The molecule has 0 aromatic heterocycles. The number of alkyl carbamates (subject to hydrolysis) is 1. The summed E-state index contributed by atoms with van der Waals surface area (Å²) in [6.45, 7) is 4.01. The van der Waals surface area contributed by atoms with E-state index < -0.39 is 23.5 Å². The second kappa shape index (κ2) is 8.46. The van der Waals surface area contributed by atoms with E-state index in [1.807, 2.05) is 24.3 Å². The maximum Gasteiger partial charge on any atom is 0.408 e. The van der Waals surface area contributed by atoms with Crippen LogP contribution in [0.15, 0.2) is 48.5 Å². The molecule has 2 aliphatic heterocycles. The normalized spacial score (nSPS) is 23.2. The van der Waals surface area contributed by atoms with Crippen LogP contribution < -0.4 is 5.32 Å². The summed E-state index contributed by atoms with van der Waals surface area (Å²) >= 11 is 0. The molecule has 3 fully saturated rings. The van der Waals surface area contributed by atoms with Gasteiger partial charge < -0.3 is 20.1 Å². The summed E-state index contributed by atoms with van der Waals surface area (Å²) in [5.74, 6) is -1.52. The molecule has 3 atom stereocenters. The fourth-order valence-electron chi connectivity index (χ4n) is 6.00. The van der Waals surface area contributed by atoms with Crippen LogP contribution in [0.2, 0.25) is 0 Å². The van der Waals surface area contributed by atoms with Crippen molar-refractivity contribution in [3.05, 3.63) is 59.7 Å². The van der Waals surface area contributed by atoms with Crippen molar-refractivity contribution in [2.45, 2.75) is 50.6 Å². The molecule has 2 aliphatic carbocycles. The molecule has 4 aliphatic rings. The van der Waals surface area contributed by atoms with Crippen molar-refractivity contribution in [2.24, 2.45) is 11.8 Å². The number of fused-ring (bicyclic) bond motifs is 6. The number of nitrogens with one attached hydrogen (secondary N) is 1. The molecular weight excluding hydrogens is 432 g/mol. The van der Waals surface area contributed by atoms with Gasteiger partial charge >= 0.3 is 12.1 Å². The number of carbonyl (C=O) groups excluding carboxylic acids is 2. The molecule has 3 unspecified atom stereocenters. The highest BCUT2D eigenvalue weighted by atomic mass is 16.5. The molecule has 2 bridgehead atoms. The predicted octanol–water partition coefficient (Wildman–Crippen LogP) is 4.02. The zero-order valence-electron chi connectivity index (χ0n) is 19.5. The Morgan fingerprint density at radius 2 is 1.65 bits per heavy atom. The Morgan fingerprint density at radius 3 is 2.24 bits per heavy atom. The number of benzene rings is 2. The van der Waals surface area contributed by atoms with Crippen molar-refractivity contribution in [1.29, 1.82) is 0 Å². The van der Waals surface area contributed by atoms with E-state index in [1.165, 1.54) is 0 Å². The van der Waals surface area contributed by atoms with Crippen molar-refractivity contribution in [3.8, 4) is 11.1 Å². The summed E-state index contributed by atoms with van der Waals surface area (Å²) in [6.07, 6.45) is 1.59. The van der Waals surface area contributed by atoms with Gasteiger partial charge in [-0.15, -0.1) is 0 Å². The third-order valence-electron chi connectivity index (χ3n) is 7.65. The van der Waals surface area contributed by atoms with Crippen molar-refractivity contribution >= 4 is 18.0 Å². The number of carboxylic acids is 1. The Hall–Kier alpha value is -3.35. The number of ether oxygens (including phenoxy) is 1. The molecule has 34 heavy (non-hydrogen) atoms. The maximum absolute atomic E-state index is 13.4. The van der Waals surface area contributed by atoms with Gasteiger partial charge in [-0.1, -0.05) is 48.5 Å². The average molecular weight is 463 g/mol. The van der Waals surface area contributed by atoms with Crippen LogP contribution in [0.25, 0.3) is 11.1 Å². The lowest BCUT2D eigenvalue weighted by molar-refractivity contribution is -0.158. The van der Waals surface area contributed by atoms with Crippen LogP contribution in [-0.2, 0) is 14.3 Å². The van der Waals surface area contributed by atoms with Crippen molar-refractivity contribution < 1.29 is 24.2 Å². The molecule has 7 heteroatoms. The molecule has 0 radical (unpaired) electrons. The van der Waals surface area contributed by atoms with E-state index >= 15 is 0 Å². The first-order chi connectivity index (χ1) is 16.3. The van der Waals surface area contributed by atoms with Crippen molar-refractivity contribution in [2.75, 3.05) is 13.2 Å². The van der Waals surface area contributed by atoms with Crippen molar-refractivity contribution in [3.63, 3.8) is 0 Å². The maximum atomic E-state index is 13.4. The summed E-state index contributed by atoms with van der Waals surface area (Å²) in [4.78, 5) is 39.5. The predicted molar refractivity (Wildman–Crippen MR) is 126 cm³/mol. The average Bonchev–Trinajstić information content (AvgIpc) is 3.16. The Balaban J connectivity index is 1.25. The monoisotopic (exact) mass is 462 g/mol. The number of carboxylic acid groups (broad SMARTS) is 1. The second-order valence-electron chi connectivity index (χ2n) is 10.2. The molecule has 2 aromatic carbocycles. The molecular formula is C27H30N2O5. The molecule has 2 amide bonds. The van der Waals surface area contributed by atoms with E-state index in [9.17, 15) is 19.5 Å². The largest absolute Gasteiger partial charge is 0.481 e. The topological polar surface area (TPSA) is 95.9 Å². The van der Waals surface area contributed by atoms with Gasteiger partial charge in [0.05, 0.1) is 5.92 Å². The molecule has 1 saturated carbocycles. The SMILES string of the molecule is CC(C)(NC(=O)OCC1c2ccccc2-c2ccccc21)C(=O)N1CC2CCC1C(C(=O)O)C2. The summed E-state index contributed by atoms with van der Waals surface area (Å²) in [7, 11) is 0. The molecule has 0 spiro atoms. The fourth-order valence-corrected chi connectivity index (χ4v) is 6.00. The molecule has 178 valence electrons. The minimum atomic E-state index is -1.21. The number of nitrogens with zero attached hydrogens (tertiary/aromatic N) is 1. The van der Waals surface area contributed by atoms with Crippen LogP contribution in [0.4, 0.5) is 4.79 Å². The number of amides is 2. The van der Waals surface area contributed by atoms with Crippen LogP contribution >= 0.6 is 0 Å². The molecule has 2 aromatic rings. The highest BCUT2D eigenvalue weighted by Crippen LogP contribution is 2.44. The zero-order chi connectivity index (χ0) is 24.0. The van der Waals surface area contributed by atoms with Crippen LogP contribution in [0.3, 0.4) is 0 Å². The Morgan fingerprint density at radius 1 is 1.03 bits per heavy atom. The zero-order valence-corrected chi connectivity index (χ0v) is 19.5. The highest BCUT2D eigenvalue weighted by molar-refractivity contribution is 5.90. The van der Waals surface area contributed by atoms with Crippen LogP contribution in [0, 0.1) is 11.8 Å². The molecule has 2 saturated heterocycles. The lowest BCUT2D eigenvalue weighted by Gasteiger charge is -2.50. The lowest BCUT2D eigenvalue weighted by Crippen LogP contribution is -2.64. The van der Waals surface area contributed by atoms with Crippen LogP contribution in [-0.4, -0.2) is 52.7 Å². The molecule has 7 nitrogen and oxygen atoms in total. The summed E-state index contributed by atoms with van der Waals surface area (Å²) < 4.78 is 5.62. The molecule has 2 heterocycles. The first-order valence-electron chi connectivity index (χ1n) is 11.9. The van der Waals surface area contributed by atoms with Crippen molar-refractivity contribution in [1.82, 2.24) is 10.2 Å². The number of rotatable bonds is 5. The molecule has 2 N–H and O–H groups in total. The first kappa shape index (κ1) is 22.4. The van der Waals surface area contributed by atoms with Crippen LogP contribution in [0.1, 0.15) is 50.2 Å². The lowest BCUT2D eigenvalue weighted by atomic mass is 9.72. The van der Waals surface area contributed by atoms with E-state index in [-0.39, 0.29) is 30.4 Å². The summed E-state index contributed by atoms with van der Waals surface area (Å²) in [5, 5.41) is 12.3. The Bertz CT molecular complexity index is 1100. The van der Waals surface area contributed by atoms with Gasteiger partial charge in [0.2, 0.25) is 5.91 Å². The Labute approximate surface area is 199 Å². The van der Waals surface area contributed by atoms with Gasteiger partial charge in [-0.25, -0.2) is 4.79 Å². The van der Waals surface area contributed by atoms with Gasteiger partial charge in [-0.3, -0.25) is 9.59 Å². The number of aliphatic carboxylic acids is 1. The summed E-state index contributed by atoms with van der Waals surface area (Å²) in [6, 6.07) is 15.9. The summed E-state index contributed by atoms with van der Waals surface area (Å²) in [5.41, 5.74) is 3.33. The first-order valence-corrected chi connectivity index (χ1v) is 11.9. The van der Waals surface area contributed by atoms with Gasteiger partial charge in [-0.2, -0.15) is 0 Å². The van der Waals surface area contributed by atoms with E-state index in [2.05, 4.69) is 29.6 Å². The van der Waals surface area contributed by atoms with Gasteiger partial charge in [-0.05, 0) is 61.3 Å². The van der Waals surface area contributed by atoms with Gasteiger partial charge in [0, 0.05) is 18.5 Å². The number of hydrogen-bond donors (Lipinski definition) is 2. The number of carbonyl (C=O) groups is 3. The standard InChI is InChI=1S/C27H30N2O5/c1-27(2,25(32)29-14-16-11-12-23(29)21(13-16)24(30)31)28-26(33)34-15-22-19-9-5-3-7-17(19)18-8-4-6-10-20(18)22/h3-10,16,21-23H,11-15H2,1-2H3,(H,28,33)(H,30,31).